The Hall–Kier alpha value is -1.63. The smallest absolute Gasteiger partial charge is 0.327 e. The Balaban J connectivity index is 2.22. The lowest BCUT2D eigenvalue weighted by Crippen LogP contribution is -2.56. The minimum atomic E-state index is -1.14. The Kier molecular flexibility index (Phi) is 4.22. The molecule has 0 saturated carbocycles. The zero-order valence-electron chi connectivity index (χ0n) is 12.8. The van der Waals surface area contributed by atoms with E-state index in [1.165, 1.54) is 0 Å². The molecule has 7 heteroatoms. The molecule has 2 rings (SSSR count). The van der Waals surface area contributed by atoms with E-state index in [1.54, 1.807) is 13.8 Å². The summed E-state index contributed by atoms with van der Waals surface area (Å²) in [5, 5.41) is 12.1. The molecule has 1 atom stereocenters. The molecule has 7 nitrogen and oxygen atoms in total. The fourth-order valence-electron chi connectivity index (χ4n) is 3.18. The third-order valence-electron chi connectivity index (χ3n) is 4.51. The van der Waals surface area contributed by atoms with Crippen LogP contribution in [-0.4, -0.2) is 64.0 Å². The van der Waals surface area contributed by atoms with Crippen LogP contribution in [0.15, 0.2) is 0 Å². The van der Waals surface area contributed by atoms with E-state index in [1.807, 2.05) is 0 Å². The highest BCUT2D eigenvalue weighted by Crippen LogP contribution is 2.31. The Bertz CT molecular complexity index is 455. The summed E-state index contributed by atoms with van der Waals surface area (Å²) in [5.41, 5.74) is -0.911. The first kappa shape index (κ1) is 15.8. The number of hydrogen-bond donors (Lipinski definition) is 2. The van der Waals surface area contributed by atoms with Crippen LogP contribution in [0.4, 0.5) is 4.79 Å². The van der Waals surface area contributed by atoms with Crippen molar-refractivity contribution in [2.75, 3.05) is 19.6 Å². The summed E-state index contributed by atoms with van der Waals surface area (Å²) in [4.78, 5) is 39.4. The highest BCUT2D eigenvalue weighted by atomic mass is 16.4. The average Bonchev–Trinajstić information content (AvgIpc) is 2.64. The highest BCUT2D eigenvalue weighted by Gasteiger charge is 2.55. The Morgan fingerprint density at radius 3 is 2.33 bits per heavy atom. The first-order chi connectivity index (χ1) is 9.82. The normalized spacial score (nSPS) is 23.7. The van der Waals surface area contributed by atoms with Gasteiger partial charge in [-0.1, -0.05) is 20.8 Å². The highest BCUT2D eigenvalue weighted by molar-refractivity contribution is 6.09. The number of urea groups is 1. The average molecular weight is 297 g/mol. The SMILES string of the molecule is CCN1CCC2(CC1)NC(=O)N(C(C(=O)O)C(C)C)C2=O. The van der Waals surface area contributed by atoms with Gasteiger partial charge in [-0.05, 0) is 25.3 Å². The number of hydrogen-bond acceptors (Lipinski definition) is 4. The fraction of sp³-hybridized carbons (Fsp3) is 0.786. The number of aliphatic carboxylic acids is 1. The van der Waals surface area contributed by atoms with Gasteiger partial charge in [-0.25, -0.2) is 14.5 Å². The maximum absolute atomic E-state index is 12.7. The minimum absolute atomic E-state index is 0.330. The van der Waals surface area contributed by atoms with E-state index in [2.05, 4.69) is 17.1 Å². The monoisotopic (exact) mass is 297 g/mol. The van der Waals surface area contributed by atoms with E-state index in [-0.39, 0.29) is 11.8 Å². The van der Waals surface area contributed by atoms with Crippen molar-refractivity contribution >= 4 is 17.9 Å². The molecule has 0 bridgehead atoms. The third-order valence-corrected chi connectivity index (χ3v) is 4.51. The number of likely N-dealkylation sites (tertiary alicyclic amines) is 1. The number of rotatable bonds is 4. The second kappa shape index (κ2) is 5.63. The van der Waals surface area contributed by atoms with Crippen LogP contribution in [-0.2, 0) is 9.59 Å². The van der Waals surface area contributed by atoms with Crippen molar-refractivity contribution < 1.29 is 19.5 Å². The summed E-state index contributed by atoms with van der Waals surface area (Å²) in [7, 11) is 0. The molecule has 2 aliphatic heterocycles. The predicted octanol–water partition coefficient (Wildman–Crippen LogP) is 0.502. The van der Waals surface area contributed by atoms with Gasteiger partial charge >= 0.3 is 12.0 Å². The van der Waals surface area contributed by atoms with E-state index in [0.29, 0.717) is 12.8 Å². The lowest BCUT2D eigenvalue weighted by Gasteiger charge is -2.37. The van der Waals surface area contributed by atoms with Crippen molar-refractivity contribution in [2.45, 2.75) is 45.2 Å². The van der Waals surface area contributed by atoms with Crippen LogP contribution in [0.5, 0.6) is 0 Å². The van der Waals surface area contributed by atoms with E-state index in [9.17, 15) is 19.5 Å². The van der Waals surface area contributed by atoms with Crippen LogP contribution in [0, 0.1) is 5.92 Å². The van der Waals surface area contributed by atoms with Gasteiger partial charge in [0, 0.05) is 13.1 Å². The first-order valence-corrected chi connectivity index (χ1v) is 7.43. The zero-order valence-corrected chi connectivity index (χ0v) is 12.8. The number of carbonyl (C=O) groups is 3. The van der Waals surface area contributed by atoms with Crippen molar-refractivity contribution in [2.24, 2.45) is 5.92 Å². The van der Waals surface area contributed by atoms with Gasteiger partial charge in [-0.2, -0.15) is 0 Å². The summed E-state index contributed by atoms with van der Waals surface area (Å²) in [6.45, 7) is 7.82. The van der Waals surface area contributed by atoms with Crippen molar-refractivity contribution in [1.82, 2.24) is 15.1 Å². The molecule has 0 aromatic rings. The molecule has 2 N–H and O–H groups in total. The lowest BCUT2D eigenvalue weighted by molar-refractivity contribution is -0.150. The summed E-state index contributed by atoms with van der Waals surface area (Å²) >= 11 is 0. The maximum Gasteiger partial charge on any atom is 0.327 e. The topological polar surface area (TPSA) is 90.0 Å². The lowest BCUT2D eigenvalue weighted by atomic mass is 9.87. The van der Waals surface area contributed by atoms with Crippen molar-refractivity contribution in [3.8, 4) is 0 Å². The van der Waals surface area contributed by atoms with Gasteiger partial charge in [0.05, 0.1) is 0 Å². The summed E-state index contributed by atoms with van der Waals surface area (Å²) in [6, 6.07) is -1.69. The molecule has 0 radical (unpaired) electrons. The van der Waals surface area contributed by atoms with E-state index in [0.717, 1.165) is 24.5 Å². The van der Waals surface area contributed by atoms with Crippen molar-refractivity contribution in [1.29, 1.82) is 0 Å². The molecule has 0 aliphatic carbocycles. The number of nitrogens with one attached hydrogen (secondary N) is 1. The minimum Gasteiger partial charge on any atom is -0.480 e. The van der Waals surface area contributed by atoms with Crippen molar-refractivity contribution in [3.63, 3.8) is 0 Å². The van der Waals surface area contributed by atoms with Gasteiger partial charge in [-0.15, -0.1) is 0 Å². The molecular formula is C14H23N3O4. The molecule has 2 fully saturated rings. The van der Waals surface area contributed by atoms with Gasteiger partial charge in [-0.3, -0.25) is 4.79 Å². The molecule has 3 amide bonds. The second-order valence-corrected chi connectivity index (χ2v) is 6.15. The van der Waals surface area contributed by atoms with Gasteiger partial charge in [0.2, 0.25) is 0 Å². The van der Waals surface area contributed by atoms with Crippen LogP contribution in [0.1, 0.15) is 33.6 Å². The summed E-state index contributed by atoms with van der Waals surface area (Å²) in [6.07, 6.45) is 1.07. The largest absolute Gasteiger partial charge is 0.480 e. The molecule has 118 valence electrons. The Labute approximate surface area is 124 Å². The second-order valence-electron chi connectivity index (χ2n) is 6.15. The van der Waals surface area contributed by atoms with E-state index in [4.69, 9.17) is 0 Å². The number of carbonyl (C=O) groups excluding carboxylic acids is 2. The predicted molar refractivity (Wildman–Crippen MR) is 75.7 cm³/mol. The molecular weight excluding hydrogens is 274 g/mol. The van der Waals surface area contributed by atoms with Crippen LogP contribution < -0.4 is 5.32 Å². The molecule has 0 aromatic heterocycles. The maximum atomic E-state index is 12.7. The standard InChI is InChI=1S/C14H23N3O4/c1-4-16-7-5-14(6-8-16)12(20)17(13(21)15-14)10(9(2)3)11(18)19/h9-10H,4-8H2,1-3H3,(H,15,21)(H,18,19). The zero-order chi connectivity index (χ0) is 15.8. The van der Waals surface area contributed by atoms with Crippen LogP contribution in [0.2, 0.25) is 0 Å². The number of carboxylic acids is 1. The third kappa shape index (κ3) is 2.62. The number of imide groups is 1. The van der Waals surface area contributed by atoms with Crippen LogP contribution >= 0.6 is 0 Å². The van der Waals surface area contributed by atoms with E-state index >= 15 is 0 Å². The molecule has 2 saturated heterocycles. The molecule has 21 heavy (non-hydrogen) atoms. The van der Waals surface area contributed by atoms with Gasteiger partial charge in [0.15, 0.2) is 0 Å². The quantitative estimate of drug-likeness (QED) is 0.738. The van der Waals surface area contributed by atoms with Crippen LogP contribution in [0.3, 0.4) is 0 Å². The number of carboxylic acid groups (broad SMARTS) is 1. The van der Waals surface area contributed by atoms with E-state index < -0.39 is 23.6 Å². The van der Waals surface area contributed by atoms with Gasteiger partial charge < -0.3 is 15.3 Å². The van der Waals surface area contributed by atoms with Gasteiger partial charge in [0.25, 0.3) is 5.91 Å². The molecule has 2 heterocycles. The Morgan fingerprint density at radius 2 is 1.90 bits per heavy atom. The van der Waals surface area contributed by atoms with Gasteiger partial charge in [0.1, 0.15) is 11.6 Å². The van der Waals surface area contributed by atoms with Crippen molar-refractivity contribution in [3.05, 3.63) is 0 Å². The number of piperidine rings is 1. The number of amides is 3. The fourth-order valence-corrected chi connectivity index (χ4v) is 3.18. The molecule has 1 unspecified atom stereocenters. The first-order valence-electron chi connectivity index (χ1n) is 7.43. The molecule has 1 spiro atoms. The number of nitrogens with zero attached hydrogens (tertiary/aromatic N) is 2. The summed E-state index contributed by atoms with van der Waals surface area (Å²) in [5.74, 6) is -1.86. The molecule has 0 aromatic carbocycles. The molecule has 2 aliphatic rings. The Morgan fingerprint density at radius 1 is 1.33 bits per heavy atom. The van der Waals surface area contributed by atoms with Crippen LogP contribution in [0.25, 0.3) is 0 Å². The summed E-state index contributed by atoms with van der Waals surface area (Å²) < 4.78 is 0.